The summed E-state index contributed by atoms with van der Waals surface area (Å²) >= 11 is 12.8. The van der Waals surface area contributed by atoms with Crippen LogP contribution in [0.15, 0.2) is 63.9 Å². The van der Waals surface area contributed by atoms with Gasteiger partial charge in [-0.05, 0) is 53.7 Å². The van der Waals surface area contributed by atoms with Crippen molar-refractivity contribution < 1.29 is 18.9 Å². The van der Waals surface area contributed by atoms with Crippen molar-refractivity contribution in [2.75, 3.05) is 0 Å². The van der Waals surface area contributed by atoms with E-state index in [2.05, 4.69) is 0 Å². The Labute approximate surface area is 190 Å². The summed E-state index contributed by atoms with van der Waals surface area (Å²) in [6.07, 6.45) is 1.49. The summed E-state index contributed by atoms with van der Waals surface area (Å²) in [5.41, 5.74) is 1.23. The van der Waals surface area contributed by atoms with E-state index in [0.29, 0.717) is 32.7 Å². The summed E-state index contributed by atoms with van der Waals surface area (Å²) in [5.74, 6) is 0.408. The van der Waals surface area contributed by atoms with Gasteiger partial charge in [-0.3, -0.25) is 24.6 Å². The molecule has 1 aromatic heterocycles. The van der Waals surface area contributed by atoms with Gasteiger partial charge in [0.25, 0.3) is 16.8 Å². The third-order valence-electron chi connectivity index (χ3n) is 4.48. The van der Waals surface area contributed by atoms with Gasteiger partial charge in [-0.25, -0.2) is 0 Å². The minimum atomic E-state index is -0.481. The van der Waals surface area contributed by atoms with Gasteiger partial charge in [0.2, 0.25) is 0 Å². The number of nitro groups is 1. The topological polar surface area (TPSA) is 93.7 Å². The number of amides is 2. The van der Waals surface area contributed by atoms with Crippen molar-refractivity contribution >= 4 is 57.9 Å². The molecule has 1 saturated heterocycles. The van der Waals surface area contributed by atoms with Gasteiger partial charge < -0.3 is 4.42 Å². The second-order valence-corrected chi connectivity index (χ2v) is 8.35. The van der Waals surface area contributed by atoms with Gasteiger partial charge in [0.15, 0.2) is 0 Å². The van der Waals surface area contributed by atoms with E-state index in [1.54, 1.807) is 42.5 Å². The van der Waals surface area contributed by atoms with Crippen molar-refractivity contribution in [2.24, 2.45) is 0 Å². The Morgan fingerprint density at radius 2 is 1.81 bits per heavy atom. The van der Waals surface area contributed by atoms with Gasteiger partial charge in [0.05, 0.1) is 16.4 Å². The highest BCUT2D eigenvalue weighted by molar-refractivity contribution is 8.18. The highest BCUT2D eigenvalue weighted by Gasteiger charge is 2.35. The first kappa shape index (κ1) is 21.2. The molecule has 2 aromatic carbocycles. The minimum Gasteiger partial charge on any atom is -0.457 e. The predicted molar refractivity (Wildman–Crippen MR) is 119 cm³/mol. The molecule has 3 aromatic rings. The number of hydrogen-bond donors (Lipinski definition) is 0. The van der Waals surface area contributed by atoms with Gasteiger partial charge in [-0.2, -0.15) is 0 Å². The van der Waals surface area contributed by atoms with Gasteiger partial charge in [0, 0.05) is 33.8 Å². The monoisotopic (exact) mass is 474 g/mol. The van der Waals surface area contributed by atoms with Crippen LogP contribution in [0.25, 0.3) is 17.4 Å². The summed E-state index contributed by atoms with van der Waals surface area (Å²) in [7, 11) is 0. The normalized spacial score (nSPS) is 15.2. The van der Waals surface area contributed by atoms with Crippen LogP contribution in [0.2, 0.25) is 10.0 Å². The molecule has 4 rings (SSSR count). The fraction of sp³-hybridized carbons (Fsp3) is 0.0476. The van der Waals surface area contributed by atoms with E-state index >= 15 is 0 Å². The Morgan fingerprint density at radius 1 is 1.06 bits per heavy atom. The standard InChI is InChI=1S/C21H12Cl2N2O5S/c22-14-4-1-13(17(23)9-14)11-24-20(26)19(31-21(24)27)10-16-7-8-18(30-16)12-2-5-15(6-3-12)25(28)29/h1-10H,11H2/b19-10+. The highest BCUT2D eigenvalue weighted by Crippen LogP contribution is 2.35. The molecule has 0 N–H and O–H groups in total. The molecule has 0 saturated carbocycles. The predicted octanol–water partition coefficient (Wildman–Crippen LogP) is 6.40. The summed E-state index contributed by atoms with van der Waals surface area (Å²) in [4.78, 5) is 36.7. The number of nitro benzene ring substituents is 1. The quantitative estimate of drug-likeness (QED) is 0.241. The molecular weight excluding hydrogens is 463 g/mol. The summed E-state index contributed by atoms with van der Waals surface area (Å²) in [6.45, 7) is 0.0320. The van der Waals surface area contributed by atoms with Crippen molar-refractivity contribution in [3.05, 3.63) is 91.0 Å². The van der Waals surface area contributed by atoms with Gasteiger partial charge >= 0.3 is 0 Å². The Morgan fingerprint density at radius 3 is 2.48 bits per heavy atom. The Bertz CT molecular complexity index is 1240. The third kappa shape index (κ3) is 4.51. The number of thioether (sulfide) groups is 1. The van der Waals surface area contributed by atoms with E-state index in [9.17, 15) is 19.7 Å². The van der Waals surface area contributed by atoms with Crippen LogP contribution in [-0.2, 0) is 11.3 Å². The van der Waals surface area contributed by atoms with Gasteiger partial charge in [-0.1, -0.05) is 29.3 Å². The SMILES string of the molecule is O=C1S/C(=C/c2ccc(-c3ccc([N+](=O)[O-])cc3)o2)C(=O)N1Cc1ccc(Cl)cc1Cl. The van der Waals surface area contributed by atoms with E-state index in [4.69, 9.17) is 27.6 Å². The molecule has 2 heterocycles. The summed E-state index contributed by atoms with van der Waals surface area (Å²) < 4.78 is 5.72. The molecule has 1 aliphatic rings. The number of halogens is 2. The highest BCUT2D eigenvalue weighted by atomic mass is 35.5. The zero-order chi connectivity index (χ0) is 22.1. The fourth-order valence-corrected chi connectivity index (χ4v) is 4.21. The van der Waals surface area contributed by atoms with Crippen LogP contribution in [0.1, 0.15) is 11.3 Å². The molecule has 7 nitrogen and oxygen atoms in total. The molecule has 156 valence electrons. The third-order valence-corrected chi connectivity index (χ3v) is 5.97. The first-order valence-corrected chi connectivity index (χ1v) is 10.4. The smallest absolute Gasteiger partial charge is 0.293 e. The second-order valence-electron chi connectivity index (χ2n) is 6.51. The zero-order valence-electron chi connectivity index (χ0n) is 15.6. The van der Waals surface area contributed by atoms with Crippen molar-refractivity contribution in [3.8, 4) is 11.3 Å². The average molecular weight is 475 g/mol. The van der Waals surface area contributed by atoms with E-state index in [1.807, 2.05) is 0 Å². The molecule has 10 heteroatoms. The molecule has 0 radical (unpaired) electrons. The van der Waals surface area contributed by atoms with Crippen molar-refractivity contribution in [2.45, 2.75) is 6.54 Å². The Balaban J connectivity index is 1.52. The van der Waals surface area contributed by atoms with Crippen LogP contribution in [0.3, 0.4) is 0 Å². The van der Waals surface area contributed by atoms with Crippen molar-refractivity contribution in [1.29, 1.82) is 0 Å². The lowest BCUT2D eigenvalue weighted by atomic mass is 10.1. The maximum absolute atomic E-state index is 12.7. The van der Waals surface area contributed by atoms with Crippen LogP contribution in [-0.4, -0.2) is 21.0 Å². The Kier molecular flexibility index (Phi) is 5.86. The lowest BCUT2D eigenvalue weighted by molar-refractivity contribution is -0.384. The molecule has 31 heavy (non-hydrogen) atoms. The Hall–Kier alpha value is -3.07. The molecule has 0 aliphatic carbocycles. The molecule has 1 aliphatic heterocycles. The average Bonchev–Trinajstić information content (AvgIpc) is 3.30. The summed E-state index contributed by atoms with van der Waals surface area (Å²) in [6, 6.07) is 14.1. The number of rotatable bonds is 5. The number of nitrogens with zero attached hydrogens (tertiary/aromatic N) is 2. The largest absolute Gasteiger partial charge is 0.457 e. The van der Waals surface area contributed by atoms with E-state index in [0.717, 1.165) is 16.7 Å². The molecule has 0 atom stereocenters. The molecule has 0 spiro atoms. The molecular formula is C21H12Cl2N2O5S. The van der Waals surface area contributed by atoms with Crippen LogP contribution < -0.4 is 0 Å². The van der Waals surface area contributed by atoms with Crippen LogP contribution >= 0.6 is 35.0 Å². The van der Waals surface area contributed by atoms with E-state index in [-0.39, 0.29) is 17.1 Å². The number of non-ortho nitro benzene ring substituents is 1. The number of carbonyl (C=O) groups is 2. The number of benzene rings is 2. The lowest BCUT2D eigenvalue weighted by Crippen LogP contribution is -2.27. The molecule has 0 unspecified atom stereocenters. The zero-order valence-corrected chi connectivity index (χ0v) is 17.9. The van der Waals surface area contributed by atoms with E-state index in [1.165, 1.54) is 18.2 Å². The van der Waals surface area contributed by atoms with E-state index < -0.39 is 16.1 Å². The molecule has 2 amide bonds. The fourth-order valence-electron chi connectivity index (χ4n) is 2.92. The van der Waals surface area contributed by atoms with Crippen LogP contribution in [0.5, 0.6) is 0 Å². The number of carbonyl (C=O) groups excluding carboxylic acids is 2. The van der Waals surface area contributed by atoms with Gasteiger partial charge in [0.1, 0.15) is 11.5 Å². The first-order valence-electron chi connectivity index (χ1n) is 8.86. The number of furan rings is 1. The van der Waals surface area contributed by atoms with Crippen LogP contribution in [0, 0.1) is 10.1 Å². The lowest BCUT2D eigenvalue weighted by Gasteiger charge is -2.13. The molecule has 1 fully saturated rings. The summed E-state index contributed by atoms with van der Waals surface area (Å²) in [5, 5.41) is 11.2. The number of hydrogen-bond acceptors (Lipinski definition) is 6. The van der Waals surface area contributed by atoms with Gasteiger partial charge in [-0.15, -0.1) is 0 Å². The maximum Gasteiger partial charge on any atom is 0.293 e. The number of imide groups is 1. The first-order chi connectivity index (χ1) is 14.8. The maximum atomic E-state index is 12.7. The minimum absolute atomic E-state index is 0.0232. The van der Waals surface area contributed by atoms with Crippen molar-refractivity contribution in [1.82, 2.24) is 4.90 Å². The van der Waals surface area contributed by atoms with Crippen LogP contribution in [0.4, 0.5) is 10.5 Å². The van der Waals surface area contributed by atoms with Crippen molar-refractivity contribution in [3.63, 3.8) is 0 Å². The molecule has 0 bridgehead atoms. The second kappa shape index (κ2) is 8.58.